The Morgan fingerprint density at radius 3 is 1.97 bits per heavy atom. The van der Waals surface area contributed by atoms with Gasteiger partial charge in [-0.2, -0.15) is 0 Å². The van der Waals surface area contributed by atoms with Gasteiger partial charge in [-0.3, -0.25) is 9.59 Å². The Hall–Kier alpha value is -3.05. The fraction of sp³-hybridized carbons (Fsp3) is 0.565. The molecule has 1 rings (SSSR count). The van der Waals surface area contributed by atoms with Crippen molar-refractivity contribution < 1.29 is 47.6 Å². The number of ether oxygens (including phenoxy) is 6. The number of carbonyl (C=O) groups excluding carboxylic acids is 4. The zero-order chi connectivity index (χ0) is 25.7. The van der Waals surface area contributed by atoms with Gasteiger partial charge in [-0.15, -0.1) is 12.4 Å². The molecule has 0 aliphatic heterocycles. The van der Waals surface area contributed by atoms with Crippen LogP contribution in [0.3, 0.4) is 0 Å². The van der Waals surface area contributed by atoms with Crippen molar-refractivity contribution in [3.05, 3.63) is 23.8 Å². The van der Waals surface area contributed by atoms with E-state index in [1.54, 1.807) is 40.7 Å². The van der Waals surface area contributed by atoms with E-state index in [-0.39, 0.29) is 62.0 Å². The maximum Gasteiger partial charge on any atom is 0.513 e. The lowest BCUT2D eigenvalue weighted by molar-refractivity contribution is -0.151. The van der Waals surface area contributed by atoms with Gasteiger partial charge in [-0.1, -0.05) is 19.9 Å². The second kappa shape index (κ2) is 16.6. The molecule has 11 nitrogen and oxygen atoms in total. The van der Waals surface area contributed by atoms with Gasteiger partial charge in [0.2, 0.25) is 0 Å². The van der Waals surface area contributed by atoms with Crippen LogP contribution in [0, 0.1) is 5.92 Å². The predicted octanol–water partition coefficient (Wildman–Crippen LogP) is 3.44. The summed E-state index contributed by atoms with van der Waals surface area (Å²) in [5.41, 5.74) is 0.560. The SMILES string of the molecule is CCOC(=O)Oc1ccc(C[C@H](NCC(C)OC(=O)C(C)C)C(=O)OC)cc1OC(=O)OCC.Cl. The third kappa shape index (κ3) is 11.8. The third-order valence-corrected chi connectivity index (χ3v) is 4.29. The number of esters is 2. The first-order chi connectivity index (χ1) is 16.1. The minimum absolute atomic E-state index is 0. The first kappa shape index (κ1) is 31.9. The van der Waals surface area contributed by atoms with Crippen LogP contribution in [0.1, 0.15) is 40.2 Å². The van der Waals surface area contributed by atoms with E-state index in [0.717, 1.165) is 0 Å². The summed E-state index contributed by atoms with van der Waals surface area (Å²) in [6.07, 6.45) is -2.30. The molecule has 0 spiro atoms. The smallest absolute Gasteiger partial charge is 0.468 e. The van der Waals surface area contributed by atoms with Crippen LogP contribution in [0.2, 0.25) is 0 Å². The molecule has 12 heteroatoms. The zero-order valence-corrected chi connectivity index (χ0v) is 21.6. The molecule has 0 saturated carbocycles. The lowest BCUT2D eigenvalue weighted by atomic mass is 10.0. The maximum absolute atomic E-state index is 12.3. The Bertz CT molecular complexity index is 846. The Morgan fingerprint density at radius 2 is 1.46 bits per heavy atom. The number of hydrogen-bond donors (Lipinski definition) is 1. The van der Waals surface area contributed by atoms with Crippen molar-refractivity contribution >= 4 is 36.7 Å². The molecule has 2 atom stereocenters. The van der Waals surface area contributed by atoms with Crippen LogP contribution in [-0.2, 0) is 35.0 Å². The summed E-state index contributed by atoms with van der Waals surface area (Å²) < 4.78 is 29.9. The van der Waals surface area contributed by atoms with Gasteiger partial charge < -0.3 is 33.7 Å². The quantitative estimate of drug-likeness (QED) is 0.247. The monoisotopic (exact) mass is 519 g/mol. The summed E-state index contributed by atoms with van der Waals surface area (Å²) in [5, 5.41) is 3.02. The van der Waals surface area contributed by atoms with Gasteiger partial charge in [-0.25, -0.2) is 9.59 Å². The average molecular weight is 520 g/mol. The molecule has 1 aromatic carbocycles. The minimum atomic E-state index is -0.989. The molecular formula is C23H34ClNO10. The van der Waals surface area contributed by atoms with Gasteiger partial charge in [-0.05, 0) is 44.9 Å². The van der Waals surface area contributed by atoms with E-state index in [2.05, 4.69) is 5.32 Å². The summed E-state index contributed by atoms with van der Waals surface area (Å²) in [4.78, 5) is 47.6. The van der Waals surface area contributed by atoms with E-state index >= 15 is 0 Å². The molecule has 1 aromatic rings. The van der Waals surface area contributed by atoms with Crippen LogP contribution in [0.15, 0.2) is 18.2 Å². The number of methoxy groups -OCH3 is 1. The highest BCUT2D eigenvalue weighted by atomic mass is 35.5. The highest BCUT2D eigenvalue weighted by molar-refractivity contribution is 5.85. The van der Waals surface area contributed by atoms with Crippen LogP contribution in [0.4, 0.5) is 9.59 Å². The first-order valence-electron chi connectivity index (χ1n) is 10.9. The number of nitrogens with one attached hydrogen (secondary N) is 1. The van der Waals surface area contributed by atoms with Crippen LogP contribution >= 0.6 is 12.4 Å². The molecular weight excluding hydrogens is 486 g/mol. The summed E-state index contributed by atoms with van der Waals surface area (Å²) in [5.74, 6) is -1.31. The number of benzene rings is 1. The van der Waals surface area contributed by atoms with Crippen molar-refractivity contribution in [3.63, 3.8) is 0 Å². The second-order valence-electron chi connectivity index (χ2n) is 7.44. The van der Waals surface area contributed by atoms with E-state index < -0.39 is 30.4 Å². The molecule has 0 heterocycles. The highest BCUT2D eigenvalue weighted by Gasteiger charge is 2.23. The second-order valence-corrected chi connectivity index (χ2v) is 7.44. The van der Waals surface area contributed by atoms with Crippen molar-refractivity contribution in [1.29, 1.82) is 0 Å². The van der Waals surface area contributed by atoms with Gasteiger partial charge in [0, 0.05) is 6.54 Å². The fourth-order valence-electron chi connectivity index (χ4n) is 2.62. The lowest BCUT2D eigenvalue weighted by Gasteiger charge is -2.21. The van der Waals surface area contributed by atoms with Crippen LogP contribution < -0.4 is 14.8 Å². The highest BCUT2D eigenvalue weighted by Crippen LogP contribution is 2.30. The van der Waals surface area contributed by atoms with Crippen molar-refractivity contribution in [1.82, 2.24) is 5.32 Å². The fourth-order valence-corrected chi connectivity index (χ4v) is 2.62. The number of carbonyl (C=O) groups is 4. The van der Waals surface area contributed by atoms with Gasteiger partial charge in [0.1, 0.15) is 12.1 Å². The molecule has 0 aliphatic carbocycles. The van der Waals surface area contributed by atoms with E-state index in [4.69, 9.17) is 28.4 Å². The number of halogens is 1. The zero-order valence-electron chi connectivity index (χ0n) is 20.8. The predicted molar refractivity (Wildman–Crippen MR) is 127 cm³/mol. The van der Waals surface area contributed by atoms with Crippen LogP contribution in [-0.4, -0.2) is 63.3 Å². The summed E-state index contributed by atoms with van der Waals surface area (Å²) in [6.45, 7) is 8.77. The normalized spacial score (nSPS) is 12.0. The molecule has 1 N–H and O–H groups in total. The molecule has 1 unspecified atom stereocenters. The summed E-state index contributed by atoms with van der Waals surface area (Å²) in [7, 11) is 1.25. The molecule has 0 aliphatic rings. The number of hydrogen-bond acceptors (Lipinski definition) is 11. The molecule has 0 fully saturated rings. The van der Waals surface area contributed by atoms with Crippen molar-refractivity contribution in [3.8, 4) is 11.5 Å². The molecule has 0 saturated heterocycles. The Labute approximate surface area is 211 Å². The molecule has 0 aromatic heterocycles. The standard InChI is InChI=1S/C23H33NO10.ClH/c1-7-30-22(27)33-18-10-9-16(12-19(18)34-23(28)31-8-2)11-17(21(26)29-6)24-13-15(5)32-20(25)14(3)4;/h9-10,12,14-15,17,24H,7-8,11,13H2,1-6H3;1H/t15?,17-;/m0./s1. The molecule has 198 valence electrons. The third-order valence-electron chi connectivity index (χ3n) is 4.29. The van der Waals surface area contributed by atoms with E-state index in [0.29, 0.717) is 5.56 Å². The van der Waals surface area contributed by atoms with E-state index in [1.165, 1.54) is 19.2 Å². The minimum Gasteiger partial charge on any atom is -0.468 e. The molecule has 0 amide bonds. The van der Waals surface area contributed by atoms with Crippen molar-refractivity contribution in [2.75, 3.05) is 26.9 Å². The lowest BCUT2D eigenvalue weighted by Crippen LogP contribution is -2.43. The largest absolute Gasteiger partial charge is 0.513 e. The number of rotatable bonds is 12. The summed E-state index contributed by atoms with van der Waals surface area (Å²) >= 11 is 0. The Kier molecular flexibility index (Phi) is 15.1. The van der Waals surface area contributed by atoms with Crippen LogP contribution in [0.25, 0.3) is 0 Å². The molecule has 35 heavy (non-hydrogen) atoms. The average Bonchev–Trinajstić information content (AvgIpc) is 2.77. The molecule has 0 radical (unpaired) electrons. The Morgan fingerprint density at radius 1 is 0.886 bits per heavy atom. The van der Waals surface area contributed by atoms with Gasteiger partial charge >= 0.3 is 24.2 Å². The Balaban J connectivity index is 0.0000116. The maximum atomic E-state index is 12.3. The topological polar surface area (TPSA) is 136 Å². The summed E-state index contributed by atoms with van der Waals surface area (Å²) in [6, 6.07) is 3.64. The van der Waals surface area contributed by atoms with Crippen molar-refractivity contribution in [2.45, 2.75) is 53.2 Å². The van der Waals surface area contributed by atoms with Crippen LogP contribution in [0.5, 0.6) is 11.5 Å². The first-order valence-corrected chi connectivity index (χ1v) is 10.9. The van der Waals surface area contributed by atoms with Gasteiger partial charge in [0.05, 0.1) is 26.2 Å². The van der Waals surface area contributed by atoms with E-state index in [1.807, 2.05) is 0 Å². The van der Waals surface area contributed by atoms with E-state index in [9.17, 15) is 19.2 Å². The van der Waals surface area contributed by atoms with Crippen molar-refractivity contribution in [2.24, 2.45) is 5.92 Å². The van der Waals surface area contributed by atoms with Gasteiger partial charge in [0.15, 0.2) is 11.5 Å². The molecule has 0 bridgehead atoms. The van der Waals surface area contributed by atoms with Gasteiger partial charge in [0.25, 0.3) is 0 Å².